The van der Waals surface area contributed by atoms with Crippen molar-refractivity contribution < 1.29 is 27.8 Å². The van der Waals surface area contributed by atoms with E-state index < -0.39 is 16.1 Å². The van der Waals surface area contributed by atoms with Crippen LogP contribution in [-0.4, -0.2) is 81.8 Å². The molecule has 4 rings (SSSR count). The van der Waals surface area contributed by atoms with Gasteiger partial charge in [0.05, 0.1) is 35.9 Å². The maximum Gasteiger partial charge on any atom is 0.262 e. The zero-order chi connectivity index (χ0) is 28.9. The first-order valence-corrected chi connectivity index (χ1v) is 15.7. The molecular formula is C30H43N3O6S. The molecule has 1 heterocycles. The molecule has 1 amide bonds. The van der Waals surface area contributed by atoms with E-state index in [0.717, 1.165) is 6.54 Å². The van der Waals surface area contributed by atoms with E-state index in [0.29, 0.717) is 24.8 Å². The van der Waals surface area contributed by atoms with Crippen molar-refractivity contribution in [2.75, 3.05) is 45.1 Å². The van der Waals surface area contributed by atoms with Crippen LogP contribution < -0.4 is 14.2 Å². The number of ether oxygens (including phenoxy) is 2. The van der Waals surface area contributed by atoms with Gasteiger partial charge >= 0.3 is 0 Å². The molecule has 1 saturated carbocycles. The number of rotatable bonds is 10. The summed E-state index contributed by atoms with van der Waals surface area (Å²) in [5.41, 5.74) is 0.467. The van der Waals surface area contributed by atoms with Crippen LogP contribution in [0.1, 0.15) is 56.3 Å². The fourth-order valence-corrected chi connectivity index (χ4v) is 6.75. The van der Waals surface area contributed by atoms with Gasteiger partial charge < -0.3 is 24.4 Å². The molecule has 10 heteroatoms. The summed E-state index contributed by atoms with van der Waals surface area (Å²) in [6, 6.07) is 10.6. The van der Waals surface area contributed by atoms with Crippen molar-refractivity contribution in [3.8, 4) is 11.5 Å². The van der Waals surface area contributed by atoms with Crippen molar-refractivity contribution in [1.29, 1.82) is 0 Å². The van der Waals surface area contributed by atoms with E-state index in [1.807, 2.05) is 13.8 Å². The number of nitrogens with zero attached hydrogens (tertiary/aromatic N) is 2. The molecule has 2 N–H and O–H groups in total. The summed E-state index contributed by atoms with van der Waals surface area (Å²) >= 11 is 0. The highest BCUT2D eigenvalue weighted by Gasteiger charge is 2.35. The number of aliphatic hydroxyl groups excluding tert-OH is 1. The summed E-state index contributed by atoms with van der Waals surface area (Å²) in [5.74, 6) is 1.05. The molecule has 2 aromatic carbocycles. The molecule has 3 atom stereocenters. The Morgan fingerprint density at radius 1 is 1.12 bits per heavy atom. The fraction of sp³-hybridized carbons (Fsp3) is 0.567. The zero-order valence-electron chi connectivity index (χ0n) is 24.0. The largest absolute Gasteiger partial charge is 0.497 e. The lowest BCUT2D eigenvalue weighted by Crippen LogP contribution is -2.50. The number of para-hydroxylation sites is 1. The van der Waals surface area contributed by atoms with E-state index in [4.69, 9.17) is 9.47 Å². The van der Waals surface area contributed by atoms with Crippen LogP contribution in [0, 0.1) is 11.8 Å². The Hall–Kier alpha value is -2.82. The molecule has 0 unspecified atom stereocenters. The number of aliphatic hydroxyl groups is 1. The highest BCUT2D eigenvalue weighted by atomic mass is 32.2. The quantitative estimate of drug-likeness (QED) is 0.438. The number of amides is 1. The molecule has 0 aromatic heterocycles. The number of hydrogen-bond acceptors (Lipinski definition) is 7. The van der Waals surface area contributed by atoms with Crippen LogP contribution in [-0.2, 0) is 10.0 Å². The molecule has 9 nitrogen and oxygen atoms in total. The number of carbonyl (C=O) groups excluding carboxylic acids is 1. The van der Waals surface area contributed by atoms with Gasteiger partial charge in [0.15, 0.2) is 5.75 Å². The Labute approximate surface area is 238 Å². The van der Waals surface area contributed by atoms with Gasteiger partial charge in [0.1, 0.15) is 11.9 Å². The fourth-order valence-electron chi connectivity index (χ4n) is 5.69. The summed E-state index contributed by atoms with van der Waals surface area (Å²) < 4.78 is 41.1. The molecule has 0 radical (unpaired) electrons. The average molecular weight is 574 g/mol. The molecule has 2 aliphatic rings. The number of carbonyl (C=O) groups is 1. The van der Waals surface area contributed by atoms with Crippen LogP contribution in [0.25, 0.3) is 0 Å². The summed E-state index contributed by atoms with van der Waals surface area (Å²) in [5, 5.41) is 9.93. The SMILES string of the molecule is COc1ccc(S(=O)(=O)Nc2cccc3c2O[C@@H](CN(C)CC2CCCCC2)[C@H](C)CN([C@@H](C)CO)C3=O)cc1. The summed E-state index contributed by atoms with van der Waals surface area (Å²) in [4.78, 5) is 17.7. The number of hydrogen-bond donors (Lipinski definition) is 2. The monoisotopic (exact) mass is 573 g/mol. The first-order chi connectivity index (χ1) is 19.1. The third-order valence-corrected chi connectivity index (χ3v) is 9.47. The first-order valence-electron chi connectivity index (χ1n) is 14.2. The predicted octanol–water partition coefficient (Wildman–Crippen LogP) is 4.23. The van der Waals surface area contributed by atoms with Crippen molar-refractivity contribution >= 4 is 21.6 Å². The second-order valence-electron chi connectivity index (χ2n) is 11.3. The highest BCUT2D eigenvalue weighted by Crippen LogP contribution is 2.36. The van der Waals surface area contributed by atoms with Gasteiger partial charge in [-0.15, -0.1) is 0 Å². The Balaban J connectivity index is 1.67. The minimum atomic E-state index is -3.98. The number of sulfonamides is 1. The second-order valence-corrected chi connectivity index (χ2v) is 13.0. The molecule has 0 bridgehead atoms. The minimum Gasteiger partial charge on any atom is -0.497 e. The van der Waals surface area contributed by atoms with Crippen molar-refractivity contribution in [1.82, 2.24) is 9.80 Å². The zero-order valence-corrected chi connectivity index (χ0v) is 24.8. The van der Waals surface area contributed by atoms with Gasteiger partial charge in [0, 0.05) is 25.6 Å². The molecule has 0 spiro atoms. The Morgan fingerprint density at radius 3 is 2.48 bits per heavy atom. The number of nitrogens with one attached hydrogen (secondary N) is 1. The summed E-state index contributed by atoms with van der Waals surface area (Å²) in [6.45, 7) is 5.70. The molecule has 220 valence electrons. The van der Waals surface area contributed by atoms with Crippen LogP contribution in [0.3, 0.4) is 0 Å². The first kappa shape index (κ1) is 30.1. The maximum atomic E-state index is 13.7. The van der Waals surface area contributed by atoms with E-state index >= 15 is 0 Å². The maximum absolute atomic E-state index is 13.7. The summed E-state index contributed by atoms with van der Waals surface area (Å²) in [6.07, 6.45) is 6.03. The number of anilines is 1. The molecule has 0 saturated heterocycles. The number of likely N-dealkylation sites (N-methyl/N-ethyl adjacent to an activating group) is 1. The minimum absolute atomic E-state index is 0.0637. The van der Waals surface area contributed by atoms with E-state index in [1.54, 1.807) is 35.2 Å². The van der Waals surface area contributed by atoms with E-state index in [9.17, 15) is 18.3 Å². The van der Waals surface area contributed by atoms with Crippen molar-refractivity contribution in [3.05, 3.63) is 48.0 Å². The smallest absolute Gasteiger partial charge is 0.262 e. The van der Waals surface area contributed by atoms with Gasteiger partial charge in [-0.05, 0) is 69.1 Å². The average Bonchev–Trinajstić information content (AvgIpc) is 2.95. The standard InChI is InChI=1S/C30H43N3O6S/c1-21-17-33(22(2)20-34)30(35)26-11-8-12-27(31-40(36,37)25-15-13-24(38-4)14-16-25)29(26)39-28(21)19-32(3)18-23-9-6-5-7-10-23/h8,11-16,21-23,28,31,34H,5-7,9-10,17-20H2,1-4H3/t21-,22+,28+/m1/s1. The Morgan fingerprint density at radius 2 is 1.82 bits per heavy atom. The number of fused-ring (bicyclic) bond motifs is 1. The van der Waals surface area contributed by atoms with E-state index in [-0.39, 0.29) is 46.4 Å². The van der Waals surface area contributed by atoms with Crippen LogP contribution in [0.4, 0.5) is 5.69 Å². The normalized spacial score (nSPS) is 21.2. The molecule has 2 aromatic rings. The second kappa shape index (κ2) is 13.2. The molecule has 1 fully saturated rings. The highest BCUT2D eigenvalue weighted by molar-refractivity contribution is 7.92. The van der Waals surface area contributed by atoms with Gasteiger partial charge in [-0.1, -0.05) is 32.3 Å². The van der Waals surface area contributed by atoms with Gasteiger partial charge in [-0.3, -0.25) is 9.52 Å². The molecule has 1 aliphatic carbocycles. The van der Waals surface area contributed by atoms with Crippen LogP contribution in [0.15, 0.2) is 47.4 Å². The van der Waals surface area contributed by atoms with Crippen LogP contribution in [0.2, 0.25) is 0 Å². The van der Waals surface area contributed by atoms with Gasteiger partial charge in [-0.25, -0.2) is 8.42 Å². The molecule has 40 heavy (non-hydrogen) atoms. The van der Waals surface area contributed by atoms with Crippen molar-refractivity contribution in [3.63, 3.8) is 0 Å². The molecule has 1 aliphatic heterocycles. The van der Waals surface area contributed by atoms with E-state index in [2.05, 4.69) is 16.7 Å². The van der Waals surface area contributed by atoms with Crippen molar-refractivity contribution in [2.45, 2.75) is 63.0 Å². The Bertz CT molecular complexity index is 1250. The van der Waals surface area contributed by atoms with Crippen LogP contribution >= 0.6 is 0 Å². The lowest BCUT2D eigenvalue weighted by atomic mass is 9.89. The van der Waals surface area contributed by atoms with Crippen molar-refractivity contribution in [2.24, 2.45) is 11.8 Å². The molecular weight excluding hydrogens is 530 g/mol. The Kier molecular flexibility index (Phi) is 9.97. The lowest BCUT2D eigenvalue weighted by Gasteiger charge is -2.39. The third-order valence-electron chi connectivity index (χ3n) is 8.09. The van der Waals surface area contributed by atoms with Gasteiger partial charge in [0.2, 0.25) is 0 Å². The van der Waals surface area contributed by atoms with Crippen LogP contribution in [0.5, 0.6) is 11.5 Å². The number of benzene rings is 2. The summed E-state index contributed by atoms with van der Waals surface area (Å²) in [7, 11) is -0.363. The number of methoxy groups -OCH3 is 1. The predicted molar refractivity (Wildman–Crippen MR) is 155 cm³/mol. The van der Waals surface area contributed by atoms with Gasteiger partial charge in [0.25, 0.3) is 15.9 Å². The third kappa shape index (κ3) is 7.08. The van der Waals surface area contributed by atoms with E-state index in [1.165, 1.54) is 51.3 Å². The lowest BCUT2D eigenvalue weighted by molar-refractivity contribution is 0.0333. The topological polar surface area (TPSA) is 108 Å². The van der Waals surface area contributed by atoms with Gasteiger partial charge in [-0.2, -0.15) is 0 Å².